The summed E-state index contributed by atoms with van der Waals surface area (Å²) in [7, 11) is 0. The fourth-order valence-corrected chi connectivity index (χ4v) is 1.62. The highest BCUT2D eigenvalue weighted by Crippen LogP contribution is 2.03. The topological polar surface area (TPSA) is 126 Å². The number of carbonyl (C=O) groups is 3. The Kier molecular flexibility index (Phi) is 7.69. The van der Waals surface area contributed by atoms with Gasteiger partial charge in [0.25, 0.3) is 0 Å². The molecular formula is C15H23N5O3. The smallest absolute Gasteiger partial charge is 0.239 e. The molecule has 0 spiro atoms. The summed E-state index contributed by atoms with van der Waals surface area (Å²) in [6.45, 7) is 3.67. The number of hydrogen-bond donors (Lipinski definition) is 4. The Morgan fingerprint density at radius 1 is 1.13 bits per heavy atom. The lowest BCUT2D eigenvalue weighted by Gasteiger charge is -2.15. The van der Waals surface area contributed by atoms with E-state index in [1.807, 2.05) is 13.8 Å². The van der Waals surface area contributed by atoms with E-state index in [1.165, 1.54) is 0 Å². The van der Waals surface area contributed by atoms with Crippen LogP contribution in [0.15, 0.2) is 24.5 Å². The largest absolute Gasteiger partial charge is 0.354 e. The lowest BCUT2D eigenvalue weighted by Crippen LogP contribution is -2.47. The molecule has 0 aliphatic rings. The Bertz CT molecular complexity index is 533. The van der Waals surface area contributed by atoms with Crippen LogP contribution in [-0.4, -0.2) is 41.8 Å². The van der Waals surface area contributed by atoms with Gasteiger partial charge in [-0.1, -0.05) is 13.8 Å². The van der Waals surface area contributed by atoms with Crippen LogP contribution >= 0.6 is 0 Å². The predicted octanol–water partition coefficient (Wildman–Crippen LogP) is -0.374. The van der Waals surface area contributed by atoms with Gasteiger partial charge in [-0.3, -0.25) is 19.4 Å². The molecule has 0 aliphatic heterocycles. The molecule has 0 saturated heterocycles. The third-order valence-electron chi connectivity index (χ3n) is 3.08. The number of carbonyl (C=O) groups excluding carboxylic acids is 3. The summed E-state index contributed by atoms with van der Waals surface area (Å²) in [6, 6.07) is 2.70. The maximum atomic E-state index is 11.7. The van der Waals surface area contributed by atoms with E-state index in [-0.39, 0.29) is 43.1 Å². The van der Waals surface area contributed by atoms with Gasteiger partial charge in [0.1, 0.15) is 0 Å². The van der Waals surface area contributed by atoms with Crippen LogP contribution in [0.4, 0.5) is 5.69 Å². The molecule has 1 aromatic rings. The summed E-state index contributed by atoms with van der Waals surface area (Å²) in [5, 5.41) is 7.69. The second-order valence-electron chi connectivity index (χ2n) is 5.37. The fourth-order valence-electron chi connectivity index (χ4n) is 1.62. The van der Waals surface area contributed by atoms with Crippen LogP contribution in [-0.2, 0) is 14.4 Å². The number of nitrogens with zero attached hydrogens (tertiary/aromatic N) is 1. The van der Waals surface area contributed by atoms with Crippen LogP contribution < -0.4 is 21.7 Å². The van der Waals surface area contributed by atoms with Crippen molar-refractivity contribution >= 4 is 23.4 Å². The second-order valence-corrected chi connectivity index (χ2v) is 5.37. The Labute approximate surface area is 135 Å². The zero-order valence-corrected chi connectivity index (χ0v) is 13.3. The Morgan fingerprint density at radius 3 is 2.39 bits per heavy atom. The minimum absolute atomic E-state index is 0.00468. The van der Waals surface area contributed by atoms with Crippen LogP contribution in [0.3, 0.4) is 0 Å². The molecule has 0 fully saturated rings. The van der Waals surface area contributed by atoms with Crippen LogP contribution in [0.25, 0.3) is 0 Å². The minimum Gasteiger partial charge on any atom is -0.354 e. The third-order valence-corrected chi connectivity index (χ3v) is 3.08. The van der Waals surface area contributed by atoms with Crippen molar-refractivity contribution in [2.45, 2.75) is 26.3 Å². The highest BCUT2D eigenvalue weighted by molar-refractivity contribution is 5.91. The van der Waals surface area contributed by atoms with Crippen molar-refractivity contribution in [2.75, 3.05) is 18.4 Å². The molecule has 0 aromatic carbocycles. The fraction of sp³-hybridized carbons (Fsp3) is 0.467. The van der Waals surface area contributed by atoms with Gasteiger partial charge >= 0.3 is 0 Å². The highest BCUT2D eigenvalue weighted by Gasteiger charge is 2.17. The number of anilines is 1. The predicted molar refractivity (Wildman–Crippen MR) is 86.3 cm³/mol. The number of rotatable bonds is 8. The van der Waals surface area contributed by atoms with Gasteiger partial charge in [-0.25, -0.2) is 0 Å². The average molecular weight is 321 g/mol. The molecule has 0 bridgehead atoms. The first-order valence-corrected chi connectivity index (χ1v) is 7.40. The van der Waals surface area contributed by atoms with Gasteiger partial charge in [-0.15, -0.1) is 0 Å². The van der Waals surface area contributed by atoms with E-state index in [0.717, 1.165) is 0 Å². The number of aromatic nitrogens is 1. The van der Waals surface area contributed by atoms with Crippen LogP contribution in [0.2, 0.25) is 0 Å². The molecule has 23 heavy (non-hydrogen) atoms. The summed E-state index contributed by atoms with van der Waals surface area (Å²) in [5.41, 5.74) is 6.30. The van der Waals surface area contributed by atoms with E-state index in [1.54, 1.807) is 24.5 Å². The molecule has 0 aliphatic carbocycles. The van der Waals surface area contributed by atoms with Gasteiger partial charge in [0.05, 0.1) is 12.6 Å². The van der Waals surface area contributed by atoms with Crippen molar-refractivity contribution < 1.29 is 14.4 Å². The molecule has 126 valence electrons. The molecule has 1 atom stereocenters. The molecule has 0 unspecified atom stereocenters. The number of nitrogens with one attached hydrogen (secondary N) is 3. The van der Waals surface area contributed by atoms with Crippen LogP contribution in [0.1, 0.15) is 20.3 Å². The van der Waals surface area contributed by atoms with Gasteiger partial charge in [-0.2, -0.15) is 0 Å². The highest BCUT2D eigenvalue weighted by atomic mass is 16.2. The van der Waals surface area contributed by atoms with Gasteiger partial charge in [0, 0.05) is 31.0 Å². The summed E-state index contributed by atoms with van der Waals surface area (Å²) < 4.78 is 0. The molecule has 1 heterocycles. The molecule has 5 N–H and O–H groups in total. The zero-order chi connectivity index (χ0) is 17.2. The van der Waals surface area contributed by atoms with Crippen molar-refractivity contribution in [3.05, 3.63) is 24.5 Å². The van der Waals surface area contributed by atoms with E-state index in [9.17, 15) is 14.4 Å². The van der Waals surface area contributed by atoms with Gasteiger partial charge in [0.15, 0.2) is 0 Å². The molecule has 0 saturated carbocycles. The summed E-state index contributed by atoms with van der Waals surface area (Å²) >= 11 is 0. The van der Waals surface area contributed by atoms with E-state index in [0.29, 0.717) is 5.69 Å². The Hall–Kier alpha value is -2.48. The van der Waals surface area contributed by atoms with E-state index in [2.05, 4.69) is 20.9 Å². The Morgan fingerprint density at radius 2 is 1.78 bits per heavy atom. The molecule has 8 nitrogen and oxygen atoms in total. The summed E-state index contributed by atoms with van der Waals surface area (Å²) in [6.07, 6.45) is 3.28. The zero-order valence-electron chi connectivity index (χ0n) is 13.3. The second kappa shape index (κ2) is 9.52. The normalized spacial score (nSPS) is 11.7. The molecule has 0 radical (unpaired) electrons. The quantitative estimate of drug-likeness (QED) is 0.519. The first-order chi connectivity index (χ1) is 10.9. The van der Waals surface area contributed by atoms with Crippen molar-refractivity contribution in [3.63, 3.8) is 0 Å². The monoisotopic (exact) mass is 321 g/mol. The van der Waals surface area contributed by atoms with E-state index < -0.39 is 6.04 Å². The lowest BCUT2D eigenvalue weighted by atomic mass is 10.1. The maximum absolute atomic E-state index is 11.7. The lowest BCUT2D eigenvalue weighted by molar-refractivity contribution is -0.127. The maximum Gasteiger partial charge on any atom is 0.239 e. The van der Waals surface area contributed by atoms with Crippen molar-refractivity contribution in [1.82, 2.24) is 15.6 Å². The van der Waals surface area contributed by atoms with Crippen LogP contribution in [0.5, 0.6) is 0 Å². The van der Waals surface area contributed by atoms with Crippen molar-refractivity contribution in [1.29, 1.82) is 0 Å². The standard InChI is InChI=1S/C15H23N5O3/c1-10(2)14(16)15(23)19-9-13(22)18-8-5-12(21)20-11-3-6-17-7-4-11/h3-4,6-7,10,14H,5,8-9,16H2,1-2H3,(H,18,22)(H,19,23)(H,17,20,21)/t14-/m0/s1. The minimum atomic E-state index is -0.645. The number of nitrogens with two attached hydrogens (primary N) is 1. The van der Waals surface area contributed by atoms with Crippen molar-refractivity contribution in [2.24, 2.45) is 11.7 Å². The van der Waals surface area contributed by atoms with E-state index in [4.69, 9.17) is 5.73 Å². The van der Waals surface area contributed by atoms with Gasteiger partial charge < -0.3 is 21.7 Å². The number of pyridine rings is 1. The van der Waals surface area contributed by atoms with E-state index >= 15 is 0 Å². The van der Waals surface area contributed by atoms with Gasteiger partial charge in [0.2, 0.25) is 17.7 Å². The van der Waals surface area contributed by atoms with Crippen molar-refractivity contribution in [3.8, 4) is 0 Å². The SMILES string of the molecule is CC(C)[C@H](N)C(=O)NCC(=O)NCCC(=O)Nc1ccncc1. The van der Waals surface area contributed by atoms with Gasteiger partial charge in [-0.05, 0) is 18.1 Å². The first-order valence-electron chi connectivity index (χ1n) is 7.40. The molecule has 1 aromatic heterocycles. The summed E-state index contributed by atoms with van der Waals surface area (Å²) in [5.74, 6) is -0.964. The summed E-state index contributed by atoms with van der Waals surface area (Å²) in [4.78, 5) is 38.7. The molecule has 3 amide bonds. The Balaban J connectivity index is 2.19. The third kappa shape index (κ3) is 7.37. The number of hydrogen-bond acceptors (Lipinski definition) is 5. The molecule has 8 heteroatoms. The number of amides is 3. The first kappa shape index (κ1) is 18.6. The molecular weight excluding hydrogens is 298 g/mol. The molecule has 1 rings (SSSR count). The van der Waals surface area contributed by atoms with Crippen LogP contribution in [0, 0.1) is 5.92 Å². The average Bonchev–Trinajstić information content (AvgIpc) is 2.52.